The van der Waals surface area contributed by atoms with Crippen LogP contribution in [0.15, 0.2) is 54.7 Å². The zero-order valence-electron chi connectivity index (χ0n) is 19.3. The summed E-state index contributed by atoms with van der Waals surface area (Å²) >= 11 is 6.00. The lowest BCUT2D eigenvalue weighted by atomic mass is 10.1. The van der Waals surface area contributed by atoms with E-state index in [1.807, 2.05) is 47.2 Å². The molecule has 3 aromatic rings. The Balaban J connectivity index is 1.28. The van der Waals surface area contributed by atoms with Crippen LogP contribution < -0.4 is 14.4 Å². The molecular weight excluding hydrogens is 476 g/mol. The molecule has 184 valence electrons. The van der Waals surface area contributed by atoms with Gasteiger partial charge < -0.3 is 18.9 Å². The average molecular weight is 502 g/mol. The van der Waals surface area contributed by atoms with Crippen molar-refractivity contribution in [3.05, 3.63) is 65.4 Å². The van der Waals surface area contributed by atoms with E-state index in [4.69, 9.17) is 21.1 Å². The molecule has 6 nitrogen and oxygen atoms in total. The highest BCUT2D eigenvalue weighted by atomic mass is 35.5. The first kappa shape index (κ1) is 23.6. The molecule has 2 aromatic carbocycles. The Morgan fingerprint density at radius 3 is 2.51 bits per heavy atom. The third-order valence-electron chi connectivity index (χ3n) is 6.48. The van der Waals surface area contributed by atoms with Crippen LogP contribution in [0.3, 0.4) is 0 Å². The van der Waals surface area contributed by atoms with Crippen LogP contribution >= 0.6 is 11.6 Å². The first-order chi connectivity index (χ1) is 16.8. The van der Waals surface area contributed by atoms with E-state index in [1.165, 1.54) is 7.11 Å². The molecule has 3 heterocycles. The molecule has 5 rings (SSSR count). The molecule has 2 aliphatic rings. The number of anilines is 1. The number of likely N-dealkylation sites (tertiary alicyclic amines) is 1. The molecule has 0 saturated carbocycles. The first-order valence-corrected chi connectivity index (χ1v) is 11.9. The number of fused-ring (bicyclic) bond motifs is 1. The Hall–Kier alpha value is -3.10. The second-order valence-corrected chi connectivity index (χ2v) is 9.27. The lowest BCUT2D eigenvalue weighted by molar-refractivity contribution is 0.0112. The number of nitrogens with zero attached hydrogens (tertiary/aromatic N) is 3. The van der Waals surface area contributed by atoms with Gasteiger partial charge in [0.2, 0.25) is 0 Å². The molecule has 1 fully saturated rings. The predicted octanol–water partition coefficient (Wildman–Crippen LogP) is 5.20. The van der Waals surface area contributed by atoms with Crippen LogP contribution in [0.4, 0.5) is 14.5 Å². The molecule has 0 radical (unpaired) electrons. The van der Waals surface area contributed by atoms with Gasteiger partial charge in [-0.1, -0.05) is 23.7 Å². The maximum atomic E-state index is 13.4. The fourth-order valence-electron chi connectivity index (χ4n) is 4.59. The minimum absolute atomic E-state index is 0.0952. The number of carbonyl (C=O) groups excluding carboxylic acids is 1. The monoisotopic (exact) mass is 501 g/mol. The number of methoxy groups -OCH3 is 1. The summed E-state index contributed by atoms with van der Waals surface area (Å²) in [5.41, 5.74) is 3.28. The van der Waals surface area contributed by atoms with Crippen molar-refractivity contribution in [3.8, 4) is 22.6 Å². The van der Waals surface area contributed by atoms with Gasteiger partial charge in [0.25, 0.3) is 11.8 Å². The fraction of sp³-hybridized carbons (Fsp3) is 0.346. The third-order valence-corrected chi connectivity index (χ3v) is 6.73. The summed E-state index contributed by atoms with van der Waals surface area (Å²) in [6, 6.07) is 14.8. The zero-order chi connectivity index (χ0) is 24.6. The Labute approximate surface area is 207 Å². The summed E-state index contributed by atoms with van der Waals surface area (Å²) < 4.78 is 40.0. The van der Waals surface area contributed by atoms with Gasteiger partial charge in [0.15, 0.2) is 11.5 Å². The van der Waals surface area contributed by atoms with Crippen LogP contribution in [0.25, 0.3) is 11.1 Å². The average Bonchev–Trinajstić information content (AvgIpc) is 3.43. The van der Waals surface area contributed by atoms with E-state index in [9.17, 15) is 13.6 Å². The fourth-order valence-corrected chi connectivity index (χ4v) is 4.72. The molecule has 9 heteroatoms. The number of carbonyl (C=O) groups is 1. The maximum Gasteiger partial charge on any atom is 0.274 e. The van der Waals surface area contributed by atoms with Crippen molar-refractivity contribution in [2.75, 3.05) is 44.8 Å². The summed E-state index contributed by atoms with van der Waals surface area (Å²) in [6.07, 6.45) is 1.88. The summed E-state index contributed by atoms with van der Waals surface area (Å²) in [5.74, 6) is -1.71. The molecule has 1 amide bonds. The van der Waals surface area contributed by atoms with Crippen molar-refractivity contribution in [1.29, 1.82) is 0 Å². The topological polar surface area (TPSA) is 46.9 Å². The quantitative estimate of drug-likeness (QED) is 0.446. The van der Waals surface area contributed by atoms with Gasteiger partial charge in [0, 0.05) is 61.1 Å². The number of aromatic nitrogens is 1. The second kappa shape index (κ2) is 9.51. The molecule has 0 spiro atoms. The number of hydrogen-bond donors (Lipinski definition) is 0. The van der Waals surface area contributed by atoms with Crippen molar-refractivity contribution >= 4 is 23.2 Å². The second-order valence-electron chi connectivity index (χ2n) is 8.84. The molecule has 0 N–H and O–H groups in total. The van der Waals surface area contributed by atoms with Gasteiger partial charge in [0.05, 0.1) is 13.7 Å². The Bertz CT molecular complexity index is 1230. The van der Waals surface area contributed by atoms with Crippen molar-refractivity contribution in [1.82, 2.24) is 9.47 Å². The van der Waals surface area contributed by atoms with Gasteiger partial charge in [-0.3, -0.25) is 9.69 Å². The van der Waals surface area contributed by atoms with Crippen LogP contribution in [-0.4, -0.2) is 61.2 Å². The lowest BCUT2D eigenvalue weighted by Crippen LogP contribution is -2.39. The third kappa shape index (κ3) is 4.99. The molecule has 35 heavy (non-hydrogen) atoms. The highest BCUT2D eigenvalue weighted by Gasteiger charge is 2.37. The summed E-state index contributed by atoms with van der Waals surface area (Å²) in [7, 11) is 1.54. The Morgan fingerprint density at radius 2 is 1.80 bits per heavy atom. The minimum Gasteiger partial charge on any atom is -0.493 e. The largest absolute Gasteiger partial charge is 0.493 e. The van der Waals surface area contributed by atoms with Crippen LogP contribution in [0, 0.1) is 0 Å². The number of ether oxygens (including phenoxy) is 2. The van der Waals surface area contributed by atoms with Gasteiger partial charge in [-0.15, -0.1) is 0 Å². The standard InChI is InChI=1S/C26H26ClF2N3O3/c1-34-24-15-21(6-7-23(24)35-13-12-30-9-8-26(28,29)17-30)32-11-10-31-16-19(14-22(31)25(32)33)18-2-4-20(27)5-3-18/h2-7,14-16H,8-13,17H2,1H3. The minimum atomic E-state index is -2.62. The molecule has 0 aliphatic carbocycles. The van der Waals surface area contributed by atoms with Crippen molar-refractivity contribution in [2.45, 2.75) is 18.9 Å². The number of benzene rings is 2. The van der Waals surface area contributed by atoms with Crippen molar-refractivity contribution in [3.63, 3.8) is 0 Å². The Morgan fingerprint density at radius 1 is 1.00 bits per heavy atom. The number of hydrogen-bond acceptors (Lipinski definition) is 4. The van der Waals surface area contributed by atoms with Crippen LogP contribution in [-0.2, 0) is 6.54 Å². The number of alkyl halides is 2. The van der Waals surface area contributed by atoms with Crippen LogP contribution in [0.2, 0.25) is 5.02 Å². The smallest absolute Gasteiger partial charge is 0.274 e. The van der Waals surface area contributed by atoms with E-state index < -0.39 is 5.92 Å². The first-order valence-electron chi connectivity index (χ1n) is 11.5. The van der Waals surface area contributed by atoms with Gasteiger partial charge in [0.1, 0.15) is 12.3 Å². The molecule has 1 saturated heterocycles. The van der Waals surface area contributed by atoms with E-state index in [1.54, 1.807) is 21.9 Å². The van der Waals surface area contributed by atoms with Gasteiger partial charge in [-0.25, -0.2) is 8.78 Å². The predicted molar refractivity (Wildman–Crippen MR) is 131 cm³/mol. The lowest BCUT2D eigenvalue weighted by Gasteiger charge is -2.29. The summed E-state index contributed by atoms with van der Waals surface area (Å²) in [6.45, 7) is 2.01. The molecule has 0 unspecified atom stereocenters. The van der Waals surface area contributed by atoms with Crippen LogP contribution in [0.5, 0.6) is 11.5 Å². The molecular formula is C26H26ClF2N3O3. The summed E-state index contributed by atoms with van der Waals surface area (Å²) in [5, 5.41) is 0.666. The molecule has 0 bridgehead atoms. The molecule has 1 aromatic heterocycles. The maximum absolute atomic E-state index is 13.4. The Kier molecular flexibility index (Phi) is 6.42. The van der Waals surface area contributed by atoms with Crippen molar-refractivity contribution in [2.24, 2.45) is 0 Å². The van der Waals surface area contributed by atoms with Gasteiger partial charge in [-0.05, 0) is 35.9 Å². The normalized spacial score (nSPS) is 17.5. The SMILES string of the molecule is COc1cc(N2CCn3cc(-c4ccc(Cl)cc4)cc3C2=O)ccc1OCCN1CCC(F)(F)C1. The van der Waals surface area contributed by atoms with Gasteiger partial charge >= 0.3 is 0 Å². The van der Waals surface area contributed by atoms with E-state index in [0.717, 1.165) is 11.1 Å². The van der Waals surface area contributed by atoms with E-state index >= 15 is 0 Å². The number of rotatable bonds is 7. The summed E-state index contributed by atoms with van der Waals surface area (Å²) in [4.78, 5) is 16.7. The molecule has 0 atom stereocenters. The highest BCUT2D eigenvalue weighted by molar-refractivity contribution is 6.30. The highest BCUT2D eigenvalue weighted by Crippen LogP contribution is 2.34. The molecule has 2 aliphatic heterocycles. The number of halogens is 3. The van der Waals surface area contributed by atoms with E-state index in [0.29, 0.717) is 54.1 Å². The number of amides is 1. The zero-order valence-corrected chi connectivity index (χ0v) is 20.1. The van der Waals surface area contributed by atoms with Crippen molar-refractivity contribution < 1.29 is 23.0 Å². The van der Waals surface area contributed by atoms with Crippen LogP contribution in [0.1, 0.15) is 16.9 Å². The van der Waals surface area contributed by atoms with E-state index in [-0.39, 0.29) is 25.5 Å². The van der Waals surface area contributed by atoms with Gasteiger partial charge in [-0.2, -0.15) is 0 Å². The van der Waals surface area contributed by atoms with E-state index in [2.05, 4.69) is 0 Å².